The average Bonchev–Trinajstić information content (AvgIpc) is 3.34. The molecule has 1 aromatic carbocycles. The summed E-state index contributed by atoms with van der Waals surface area (Å²) in [4.78, 5) is 25.8. The number of anilines is 1. The Labute approximate surface area is 199 Å². The van der Waals surface area contributed by atoms with E-state index in [1.807, 2.05) is 42.2 Å². The molecule has 1 aliphatic heterocycles. The van der Waals surface area contributed by atoms with Crippen LogP contribution in [0, 0.1) is 12.8 Å². The van der Waals surface area contributed by atoms with Gasteiger partial charge in [0.2, 0.25) is 0 Å². The lowest BCUT2D eigenvalue weighted by Gasteiger charge is -2.22. The number of hydrogen-bond acceptors (Lipinski definition) is 7. The van der Waals surface area contributed by atoms with Gasteiger partial charge >= 0.3 is 0 Å². The Bertz CT molecular complexity index is 1230. The van der Waals surface area contributed by atoms with E-state index in [1.54, 1.807) is 0 Å². The second-order valence-corrected chi connectivity index (χ2v) is 11.9. The number of aromatic nitrogens is 2. The first-order valence-electron chi connectivity index (χ1n) is 11.4. The molecular weight excluding hydrogens is 456 g/mol. The van der Waals surface area contributed by atoms with Gasteiger partial charge in [0, 0.05) is 19.6 Å². The van der Waals surface area contributed by atoms with Crippen molar-refractivity contribution in [3.8, 4) is 0 Å². The van der Waals surface area contributed by atoms with Gasteiger partial charge in [0.05, 0.1) is 21.8 Å². The summed E-state index contributed by atoms with van der Waals surface area (Å²) in [6.45, 7) is 5.88. The largest absolute Gasteiger partial charge is 0.369 e. The molecule has 1 saturated heterocycles. The van der Waals surface area contributed by atoms with Crippen LogP contribution >= 0.6 is 11.3 Å². The van der Waals surface area contributed by atoms with E-state index in [1.165, 1.54) is 17.7 Å². The molecule has 7 nitrogen and oxygen atoms in total. The lowest BCUT2D eigenvalue weighted by molar-refractivity contribution is 0.0745. The molecule has 4 rings (SSSR count). The fraction of sp³-hybridized carbons (Fsp3) is 0.458. The smallest absolute Gasteiger partial charge is 0.264 e. The minimum Gasteiger partial charge on any atom is -0.369 e. The van der Waals surface area contributed by atoms with Gasteiger partial charge in [-0.05, 0) is 36.8 Å². The topological polar surface area (TPSA) is 92.3 Å². The number of aryl methyl sites for hydroxylation is 1. The maximum absolute atomic E-state index is 13.6. The third kappa shape index (κ3) is 5.52. The minimum atomic E-state index is -2.92. The fourth-order valence-electron chi connectivity index (χ4n) is 4.23. The molecule has 176 valence electrons. The Kier molecular flexibility index (Phi) is 7.29. The molecule has 1 N–H and O–H groups in total. The number of sulfone groups is 1. The Morgan fingerprint density at radius 1 is 1.24 bits per heavy atom. The molecular formula is C24H30N4O3S2. The summed E-state index contributed by atoms with van der Waals surface area (Å²) in [5.41, 5.74) is 1.98. The zero-order chi connectivity index (χ0) is 23.4. The predicted octanol–water partition coefficient (Wildman–Crippen LogP) is 4.29. The average molecular weight is 487 g/mol. The van der Waals surface area contributed by atoms with Gasteiger partial charge in [0.25, 0.3) is 5.91 Å². The van der Waals surface area contributed by atoms with E-state index in [0.29, 0.717) is 36.8 Å². The highest BCUT2D eigenvalue weighted by Gasteiger charge is 2.28. The van der Waals surface area contributed by atoms with Crippen LogP contribution in [-0.2, 0) is 16.4 Å². The second kappa shape index (κ2) is 10.2. The number of nitrogens with zero attached hydrogens (tertiary/aromatic N) is 3. The van der Waals surface area contributed by atoms with E-state index in [-0.39, 0.29) is 23.3 Å². The van der Waals surface area contributed by atoms with Gasteiger partial charge in [-0.25, -0.2) is 18.4 Å². The summed E-state index contributed by atoms with van der Waals surface area (Å²) in [7, 11) is -2.92. The number of carbonyl (C=O) groups excluding carboxylic acids is 1. The monoisotopic (exact) mass is 486 g/mol. The third-order valence-electron chi connectivity index (χ3n) is 6.09. The van der Waals surface area contributed by atoms with Gasteiger partial charge in [0.15, 0.2) is 9.84 Å². The van der Waals surface area contributed by atoms with Crippen molar-refractivity contribution in [3.63, 3.8) is 0 Å². The van der Waals surface area contributed by atoms with E-state index in [4.69, 9.17) is 0 Å². The lowest BCUT2D eigenvalue weighted by Crippen LogP contribution is -2.31. The summed E-state index contributed by atoms with van der Waals surface area (Å²) in [5, 5.41) is 4.18. The first kappa shape index (κ1) is 23.6. The van der Waals surface area contributed by atoms with Crippen molar-refractivity contribution in [3.05, 3.63) is 52.7 Å². The summed E-state index contributed by atoms with van der Waals surface area (Å²) in [5.74, 6) is 1.23. The molecule has 0 radical (unpaired) electrons. The van der Waals surface area contributed by atoms with Crippen LogP contribution in [0.3, 0.4) is 0 Å². The number of thiophene rings is 1. The number of hydrogen-bond donors (Lipinski definition) is 1. The van der Waals surface area contributed by atoms with E-state index in [2.05, 4.69) is 22.2 Å². The molecule has 0 saturated carbocycles. The molecule has 1 fully saturated rings. The van der Waals surface area contributed by atoms with Crippen molar-refractivity contribution >= 4 is 43.1 Å². The molecule has 1 aliphatic rings. The maximum atomic E-state index is 13.6. The first-order chi connectivity index (χ1) is 15.9. The molecule has 33 heavy (non-hydrogen) atoms. The van der Waals surface area contributed by atoms with Crippen LogP contribution in [0.25, 0.3) is 10.2 Å². The number of carbonyl (C=O) groups is 1. The van der Waals surface area contributed by atoms with Crippen LogP contribution < -0.4 is 5.32 Å². The maximum Gasteiger partial charge on any atom is 0.264 e. The second-order valence-electron chi connectivity index (χ2n) is 8.67. The van der Waals surface area contributed by atoms with E-state index < -0.39 is 9.84 Å². The number of rotatable bonds is 9. The van der Waals surface area contributed by atoms with Gasteiger partial charge in [-0.1, -0.05) is 43.7 Å². The van der Waals surface area contributed by atoms with Crippen molar-refractivity contribution in [2.75, 3.05) is 29.9 Å². The minimum absolute atomic E-state index is 0.0145. The van der Waals surface area contributed by atoms with E-state index >= 15 is 0 Å². The molecule has 3 heterocycles. The number of fused-ring (bicyclic) bond motifs is 1. The summed E-state index contributed by atoms with van der Waals surface area (Å²) >= 11 is 1.40. The van der Waals surface area contributed by atoms with Crippen LogP contribution in [-0.4, -0.2) is 53.8 Å². The van der Waals surface area contributed by atoms with E-state index in [0.717, 1.165) is 34.2 Å². The lowest BCUT2D eigenvalue weighted by atomic mass is 10.1. The van der Waals surface area contributed by atoms with Crippen LogP contribution in [0.4, 0.5) is 5.82 Å². The van der Waals surface area contributed by atoms with Crippen LogP contribution in [0.5, 0.6) is 0 Å². The molecule has 0 spiro atoms. The van der Waals surface area contributed by atoms with Crippen molar-refractivity contribution < 1.29 is 13.2 Å². The molecule has 0 aliphatic carbocycles. The quantitative estimate of drug-likeness (QED) is 0.485. The predicted molar refractivity (Wildman–Crippen MR) is 133 cm³/mol. The van der Waals surface area contributed by atoms with Crippen molar-refractivity contribution in [2.24, 2.45) is 5.92 Å². The molecule has 9 heteroatoms. The van der Waals surface area contributed by atoms with Gasteiger partial charge < -0.3 is 10.2 Å². The molecule has 0 bridgehead atoms. The van der Waals surface area contributed by atoms with Gasteiger partial charge in [-0.2, -0.15) is 0 Å². The van der Waals surface area contributed by atoms with E-state index in [9.17, 15) is 13.2 Å². The van der Waals surface area contributed by atoms with Crippen LogP contribution in [0.2, 0.25) is 0 Å². The highest BCUT2D eigenvalue weighted by molar-refractivity contribution is 7.91. The Morgan fingerprint density at radius 2 is 2.03 bits per heavy atom. The standard InChI is InChI=1S/C24H30N4O3S2/c1-3-4-11-28(14-18-8-6-5-7-9-18)24(29)21-17(2)20-22(26-16-27-23(20)32-21)25-13-19-10-12-33(30,31)15-19/h5-9,16,19H,3-4,10-15H2,1-2H3,(H,25,26,27)/t19-/m0/s1. The Hall–Kier alpha value is -2.52. The molecule has 2 aromatic heterocycles. The Balaban J connectivity index is 1.58. The van der Waals surface area contributed by atoms with Gasteiger partial charge in [0.1, 0.15) is 17.0 Å². The molecule has 1 atom stereocenters. The number of unbranched alkanes of at least 4 members (excludes halogenated alkanes) is 1. The zero-order valence-electron chi connectivity index (χ0n) is 19.1. The van der Waals surface area contributed by atoms with Crippen LogP contribution in [0.15, 0.2) is 36.7 Å². The summed E-state index contributed by atoms with van der Waals surface area (Å²) in [6, 6.07) is 10.0. The van der Waals surface area contributed by atoms with Crippen LogP contribution in [0.1, 0.15) is 47.0 Å². The number of amides is 1. The zero-order valence-corrected chi connectivity index (χ0v) is 20.7. The highest BCUT2D eigenvalue weighted by Crippen LogP contribution is 2.34. The Morgan fingerprint density at radius 3 is 2.73 bits per heavy atom. The van der Waals surface area contributed by atoms with Crippen molar-refractivity contribution in [1.82, 2.24) is 14.9 Å². The molecule has 0 unspecified atom stereocenters. The third-order valence-corrected chi connectivity index (χ3v) is 9.12. The van der Waals surface area contributed by atoms with Gasteiger partial charge in [-0.15, -0.1) is 11.3 Å². The number of nitrogens with one attached hydrogen (secondary N) is 1. The van der Waals surface area contributed by atoms with Crippen molar-refractivity contribution in [1.29, 1.82) is 0 Å². The normalized spacial score (nSPS) is 17.3. The summed E-state index contributed by atoms with van der Waals surface area (Å²) in [6.07, 6.45) is 4.13. The molecule has 3 aromatic rings. The highest BCUT2D eigenvalue weighted by atomic mass is 32.2. The van der Waals surface area contributed by atoms with Crippen molar-refractivity contribution in [2.45, 2.75) is 39.7 Å². The molecule has 1 amide bonds. The van der Waals surface area contributed by atoms with Gasteiger partial charge in [-0.3, -0.25) is 4.79 Å². The number of benzene rings is 1. The SMILES string of the molecule is CCCCN(Cc1ccccc1)C(=O)c1sc2ncnc(NC[C@@H]3CCS(=O)(=O)C3)c2c1C. The fourth-order valence-corrected chi connectivity index (χ4v) is 7.21. The first-order valence-corrected chi connectivity index (χ1v) is 14.0. The summed E-state index contributed by atoms with van der Waals surface area (Å²) < 4.78 is 23.5.